The Morgan fingerprint density at radius 1 is 1.43 bits per heavy atom. The number of hydrogen-bond donors (Lipinski definition) is 3. The Labute approximate surface area is 144 Å². The van der Waals surface area contributed by atoms with Crippen LogP contribution in [0.3, 0.4) is 0 Å². The number of carbonyl (C=O) groups excluding carboxylic acids is 1. The lowest BCUT2D eigenvalue weighted by Crippen LogP contribution is -2.57. The second-order valence-electron chi connectivity index (χ2n) is 6.51. The fourth-order valence-corrected chi connectivity index (χ4v) is 3.44. The van der Waals surface area contributed by atoms with Crippen molar-refractivity contribution >= 4 is 18.3 Å². The summed E-state index contributed by atoms with van der Waals surface area (Å²) in [4.78, 5) is 11.5. The smallest absolute Gasteiger partial charge is 0.248 e. The van der Waals surface area contributed by atoms with Crippen LogP contribution in [0, 0.1) is 0 Å². The number of ether oxygens (including phenoxy) is 1. The highest BCUT2D eigenvalue weighted by atomic mass is 35.5. The number of nitrogens with two attached hydrogens (primary N) is 2. The minimum absolute atomic E-state index is 0. The van der Waals surface area contributed by atoms with Crippen LogP contribution in [0.4, 0.5) is 0 Å². The van der Waals surface area contributed by atoms with Gasteiger partial charge < -0.3 is 21.5 Å². The lowest BCUT2D eigenvalue weighted by atomic mass is 9.67. The van der Waals surface area contributed by atoms with Crippen LogP contribution in [-0.4, -0.2) is 38.3 Å². The molecule has 0 aliphatic heterocycles. The number of nitrogens with one attached hydrogen (secondary N) is 1. The van der Waals surface area contributed by atoms with Crippen molar-refractivity contribution < 1.29 is 9.53 Å². The van der Waals surface area contributed by atoms with E-state index in [4.69, 9.17) is 16.2 Å². The van der Waals surface area contributed by atoms with Crippen LogP contribution in [0.25, 0.3) is 0 Å². The number of hydrogen-bond acceptors (Lipinski definition) is 4. The van der Waals surface area contributed by atoms with Crippen molar-refractivity contribution in [1.82, 2.24) is 5.32 Å². The lowest BCUT2D eigenvalue weighted by molar-refractivity contribution is 0.0357. The normalized spacial score (nSPS) is 22.1. The van der Waals surface area contributed by atoms with Crippen LogP contribution in [0.1, 0.15) is 41.8 Å². The van der Waals surface area contributed by atoms with E-state index in [1.807, 2.05) is 12.1 Å². The molecule has 5 N–H and O–H groups in total. The first-order chi connectivity index (χ1) is 10.4. The van der Waals surface area contributed by atoms with Gasteiger partial charge in [0.15, 0.2) is 0 Å². The summed E-state index contributed by atoms with van der Waals surface area (Å²) in [7, 11) is 1.75. The average molecular weight is 342 g/mol. The molecule has 1 aromatic carbocycles. The molecule has 23 heavy (non-hydrogen) atoms. The maximum absolute atomic E-state index is 11.5. The maximum Gasteiger partial charge on any atom is 0.248 e. The SMILES string of the molecule is COC1Cc2ccc(C(N)=O)cc2C(C)(C)C1NCCCN.Cl. The number of halogens is 1. The van der Waals surface area contributed by atoms with Gasteiger partial charge >= 0.3 is 0 Å². The molecule has 1 aliphatic rings. The van der Waals surface area contributed by atoms with Crippen LogP contribution in [0.15, 0.2) is 18.2 Å². The van der Waals surface area contributed by atoms with E-state index < -0.39 is 0 Å². The van der Waals surface area contributed by atoms with Crippen LogP contribution in [0.5, 0.6) is 0 Å². The van der Waals surface area contributed by atoms with Crippen molar-refractivity contribution in [2.75, 3.05) is 20.2 Å². The third-order valence-corrected chi connectivity index (χ3v) is 4.71. The molecule has 130 valence electrons. The summed E-state index contributed by atoms with van der Waals surface area (Å²) >= 11 is 0. The van der Waals surface area contributed by atoms with Crippen LogP contribution >= 0.6 is 12.4 Å². The monoisotopic (exact) mass is 341 g/mol. The first kappa shape index (κ1) is 19.9. The van der Waals surface area contributed by atoms with Crippen molar-refractivity contribution in [1.29, 1.82) is 0 Å². The Morgan fingerprint density at radius 2 is 2.13 bits per heavy atom. The maximum atomic E-state index is 11.5. The molecular formula is C17H28ClN3O2. The number of fused-ring (bicyclic) bond motifs is 1. The molecule has 0 saturated heterocycles. The summed E-state index contributed by atoms with van der Waals surface area (Å²) in [6, 6.07) is 5.90. The Hall–Kier alpha value is -1.14. The molecule has 6 heteroatoms. The number of carbonyl (C=O) groups is 1. The summed E-state index contributed by atoms with van der Waals surface area (Å²) in [5.74, 6) is -0.389. The summed E-state index contributed by atoms with van der Waals surface area (Å²) in [6.45, 7) is 5.89. The largest absolute Gasteiger partial charge is 0.379 e. The van der Waals surface area contributed by atoms with Gasteiger partial charge in [-0.2, -0.15) is 0 Å². The zero-order chi connectivity index (χ0) is 16.3. The summed E-state index contributed by atoms with van der Waals surface area (Å²) < 4.78 is 5.72. The molecule has 2 rings (SSSR count). The van der Waals surface area contributed by atoms with Crippen molar-refractivity contribution in [3.05, 3.63) is 34.9 Å². The summed E-state index contributed by atoms with van der Waals surface area (Å²) in [5.41, 5.74) is 13.8. The highest BCUT2D eigenvalue weighted by Crippen LogP contribution is 2.38. The molecule has 0 fully saturated rings. The van der Waals surface area contributed by atoms with E-state index in [-0.39, 0.29) is 35.9 Å². The molecule has 0 spiro atoms. The van der Waals surface area contributed by atoms with Gasteiger partial charge in [0.25, 0.3) is 0 Å². The quantitative estimate of drug-likeness (QED) is 0.681. The van der Waals surface area contributed by atoms with E-state index in [1.165, 1.54) is 11.1 Å². The minimum Gasteiger partial charge on any atom is -0.379 e. The topological polar surface area (TPSA) is 90.4 Å². The number of benzene rings is 1. The van der Waals surface area contributed by atoms with E-state index in [1.54, 1.807) is 13.2 Å². The fourth-order valence-electron chi connectivity index (χ4n) is 3.44. The second-order valence-corrected chi connectivity index (χ2v) is 6.51. The van der Waals surface area contributed by atoms with Gasteiger partial charge in [0.2, 0.25) is 5.91 Å². The molecule has 1 amide bonds. The zero-order valence-corrected chi connectivity index (χ0v) is 14.9. The zero-order valence-electron chi connectivity index (χ0n) is 14.1. The summed E-state index contributed by atoms with van der Waals surface area (Å²) in [6.07, 6.45) is 1.85. The third kappa shape index (κ3) is 4.04. The van der Waals surface area contributed by atoms with Gasteiger partial charge in [0, 0.05) is 30.6 Å². The lowest BCUT2D eigenvalue weighted by Gasteiger charge is -2.45. The van der Waals surface area contributed by atoms with E-state index in [0.29, 0.717) is 12.1 Å². The van der Waals surface area contributed by atoms with Crippen molar-refractivity contribution in [2.24, 2.45) is 11.5 Å². The Bertz CT molecular complexity index is 549. The molecule has 2 atom stereocenters. The van der Waals surface area contributed by atoms with Crippen molar-refractivity contribution in [3.63, 3.8) is 0 Å². The molecule has 0 aromatic heterocycles. The molecular weight excluding hydrogens is 314 g/mol. The van der Waals surface area contributed by atoms with Gasteiger partial charge in [0.1, 0.15) is 0 Å². The number of methoxy groups -OCH3 is 1. The molecule has 0 radical (unpaired) electrons. The molecule has 0 bridgehead atoms. The Balaban J connectivity index is 0.00000264. The van der Waals surface area contributed by atoms with Crippen LogP contribution in [0.2, 0.25) is 0 Å². The summed E-state index contributed by atoms with van der Waals surface area (Å²) in [5, 5.41) is 3.58. The molecule has 5 nitrogen and oxygen atoms in total. The standard InChI is InChI=1S/C17H27N3O2.ClH/c1-17(2)13-9-12(16(19)21)6-5-11(13)10-14(22-3)15(17)20-8-4-7-18;/h5-6,9,14-15,20H,4,7-8,10,18H2,1-3H3,(H2,19,21);1H. The highest BCUT2D eigenvalue weighted by molar-refractivity contribution is 5.93. The molecule has 0 heterocycles. The van der Waals surface area contributed by atoms with E-state index in [0.717, 1.165) is 19.4 Å². The first-order valence-electron chi connectivity index (χ1n) is 7.81. The van der Waals surface area contributed by atoms with Gasteiger partial charge in [-0.05, 0) is 42.8 Å². The van der Waals surface area contributed by atoms with E-state index in [9.17, 15) is 4.79 Å². The van der Waals surface area contributed by atoms with E-state index in [2.05, 4.69) is 19.2 Å². The molecule has 0 saturated carbocycles. The first-order valence-corrected chi connectivity index (χ1v) is 7.81. The van der Waals surface area contributed by atoms with E-state index >= 15 is 0 Å². The van der Waals surface area contributed by atoms with Crippen LogP contribution < -0.4 is 16.8 Å². The number of rotatable bonds is 6. The highest BCUT2D eigenvalue weighted by Gasteiger charge is 2.42. The average Bonchev–Trinajstić information content (AvgIpc) is 2.48. The fraction of sp³-hybridized carbons (Fsp3) is 0.588. The Kier molecular flexibility index (Phi) is 7.02. The molecule has 1 aromatic rings. The minimum atomic E-state index is -0.389. The molecule has 2 unspecified atom stereocenters. The number of amides is 1. The number of primary amides is 1. The third-order valence-electron chi connectivity index (χ3n) is 4.71. The van der Waals surface area contributed by atoms with Gasteiger partial charge in [-0.25, -0.2) is 0 Å². The van der Waals surface area contributed by atoms with Gasteiger partial charge in [-0.15, -0.1) is 12.4 Å². The predicted octanol–water partition coefficient (Wildman–Crippen LogP) is 1.36. The Morgan fingerprint density at radius 3 is 2.70 bits per heavy atom. The second kappa shape index (κ2) is 8.11. The molecule has 1 aliphatic carbocycles. The van der Waals surface area contributed by atoms with Gasteiger partial charge in [-0.3, -0.25) is 4.79 Å². The predicted molar refractivity (Wildman–Crippen MR) is 95.2 cm³/mol. The van der Waals surface area contributed by atoms with Crippen LogP contribution in [-0.2, 0) is 16.6 Å². The van der Waals surface area contributed by atoms with Gasteiger partial charge in [0.05, 0.1) is 6.10 Å². The van der Waals surface area contributed by atoms with Crippen molar-refractivity contribution in [2.45, 2.75) is 44.2 Å². The van der Waals surface area contributed by atoms with Crippen molar-refractivity contribution in [3.8, 4) is 0 Å². The van der Waals surface area contributed by atoms with Gasteiger partial charge in [-0.1, -0.05) is 19.9 Å².